The minimum atomic E-state index is -0.312. The summed E-state index contributed by atoms with van der Waals surface area (Å²) in [5, 5.41) is 5.87. The van der Waals surface area contributed by atoms with E-state index < -0.39 is 0 Å². The molecule has 1 amide bonds. The standard InChI is InChI=1S/C24H25ClN2O3/c1-16(17-6-7-19-15-20(29-2)9-8-18(19)14-17)24(28)26-22-5-3-4-21(25)23(22)27-10-12-30-13-11-27/h3-9,14-16H,10-13H2,1-2H3,(H,26,28)/t16-/m0/s1. The van der Waals surface area contributed by atoms with Crippen LogP contribution in [0.25, 0.3) is 10.8 Å². The number of benzene rings is 3. The molecule has 0 saturated carbocycles. The summed E-state index contributed by atoms with van der Waals surface area (Å²) < 4.78 is 10.7. The molecule has 1 aliphatic rings. The van der Waals surface area contributed by atoms with Crippen LogP contribution in [0.4, 0.5) is 11.4 Å². The summed E-state index contributed by atoms with van der Waals surface area (Å²) in [7, 11) is 1.66. The molecule has 0 radical (unpaired) electrons. The average molecular weight is 425 g/mol. The van der Waals surface area contributed by atoms with Crippen molar-refractivity contribution in [3.63, 3.8) is 0 Å². The monoisotopic (exact) mass is 424 g/mol. The number of anilines is 2. The van der Waals surface area contributed by atoms with E-state index in [1.165, 1.54) is 0 Å². The highest BCUT2D eigenvalue weighted by atomic mass is 35.5. The lowest BCUT2D eigenvalue weighted by molar-refractivity contribution is -0.117. The number of para-hydroxylation sites is 1. The molecule has 3 aromatic carbocycles. The number of hydrogen-bond acceptors (Lipinski definition) is 4. The summed E-state index contributed by atoms with van der Waals surface area (Å²) in [6.07, 6.45) is 0. The molecule has 156 valence electrons. The van der Waals surface area contributed by atoms with Crippen molar-refractivity contribution in [1.29, 1.82) is 0 Å². The molecule has 5 nitrogen and oxygen atoms in total. The highest BCUT2D eigenvalue weighted by Gasteiger charge is 2.21. The predicted octanol–water partition coefficient (Wildman–Crippen LogP) is 5.08. The Morgan fingerprint density at radius 2 is 1.83 bits per heavy atom. The molecule has 30 heavy (non-hydrogen) atoms. The number of carbonyl (C=O) groups is 1. The fourth-order valence-corrected chi connectivity index (χ4v) is 4.05. The highest BCUT2D eigenvalue weighted by Crippen LogP contribution is 2.35. The molecular weight excluding hydrogens is 400 g/mol. The SMILES string of the molecule is COc1ccc2cc([C@H](C)C(=O)Nc3cccc(Cl)c3N3CCOCC3)ccc2c1. The van der Waals surface area contributed by atoms with Crippen LogP contribution in [0.3, 0.4) is 0 Å². The number of ether oxygens (including phenoxy) is 2. The summed E-state index contributed by atoms with van der Waals surface area (Å²) in [5.74, 6) is 0.435. The molecule has 1 aliphatic heterocycles. The van der Waals surface area contributed by atoms with Crippen molar-refractivity contribution in [3.05, 3.63) is 65.2 Å². The number of hydrogen-bond donors (Lipinski definition) is 1. The Labute approximate surface area is 181 Å². The molecule has 1 N–H and O–H groups in total. The second kappa shape index (κ2) is 8.94. The van der Waals surface area contributed by atoms with Crippen LogP contribution < -0.4 is 15.0 Å². The first kappa shape index (κ1) is 20.5. The Bertz CT molecular complexity index is 1060. The van der Waals surface area contributed by atoms with Gasteiger partial charge < -0.3 is 19.7 Å². The molecule has 0 aromatic heterocycles. The van der Waals surface area contributed by atoms with Gasteiger partial charge in [0.05, 0.1) is 42.6 Å². The van der Waals surface area contributed by atoms with Crippen LogP contribution in [-0.4, -0.2) is 39.3 Å². The molecule has 1 fully saturated rings. The van der Waals surface area contributed by atoms with Crippen LogP contribution in [0.2, 0.25) is 5.02 Å². The largest absolute Gasteiger partial charge is 0.497 e. The lowest BCUT2D eigenvalue weighted by Crippen LogP contribution is -2.37. The molecule has 3 aromatic rings. The Hall–Kier alpha value is -2.76. The van der Waals surface area contributed by atoms with Gasteiger partial charge in [0.25, 0.3) is 0 Å². The van der Waals surface area contributed by atoms with Gasteiger partial charge in [-0.25, -0.2) is 0 Å². The predicted molar refractivity (Wildman–Crippen MR) is 122 cm³/mol. The van der Waals surface area contributed by atoms with Gasteiger partial charge in [0.2, 0.25) is 5.91 Å². The number of fused-ring (bicyclic) bond motifs is 1. The Balaban J connectivity index is 1.57. The molecule has 1 saturated heterocycles. The van der Waals surface area contributed by atoms with E-state index in [4.69, 9.17) is 21.1 Å². The number of nitrogens with zero attached hydrogens (tertiary/aromatic N) is 1. The van der Waals surface area contributed by atoms with E-state index in [1.807, 2.05) is 55.5 Å². The van der Waals surface area contributed by atoms with E-state index in [-0.39, 0.29) is 11.8 Å². The summed E-state index contributed by atoms with van der Waals surface area (Å²) >= 11 is 6.49. The van der Waals surface area contributed by atoms with Crippen LogP contribution in [0.1, 0.15) is 18.4 Å². The lowest BCUT2D eigenvalue weighted by atomic mass is 9.97. The summed E-state index contributed by atoms with van der Waals surface area (Å²) in [6, 6.07) is 17.6. The van der Waals surface area contributed by atoms with Crippen LogP contribution in [0.15, 0.2) is 54.6 Å². The van der Waals surface area contributed by atoms with Gasteiger partial charge >= 0.3 is 0 Å². The zero-order valence-corrected chi connectivity index (χ0v) is 17.9. The second-order valence-electron chi connectivity index (χ2n) is 7.42. The Morgan fingerprint density at radius 1 is 1.10 bits per heavy atom. The van der Waals surface area contributed by atoms with Crippen molar-refractivity contribution in [2.75, 3.05) is 43.6 Å². The van der Waals surface area contributed by atoms with Gasteiger partial charge in [-0.05, 0) is 47.5 Å². The number of rotatable bonds is 5. The maximum absolute atomic E-state index is 13.1. The second-order valence-corrected chi connectivity index (χ2v) is 7.83. The van der Waals surface area contributed by atoms with Crippen molar-refractivity contribution < 1.29 is 14.3 Å². The number of carbonyl (C=O) groups excluding carboxylic acids is 1. The number of methoxy groups -OCH3 is 1. The third-order valence-electron chi connectivity index (χ3n) is 5.54. The van der Waals surface area contributed by atoms with Crippen LogP contribution in [0, 0.1) is 0 Å². The van der Waals surface area contributed by atoms with Crippen molar-refractivity contribution in [1.82, 2.24) is 0 Å². The zero-order valence-electron chi connectivity index (χ0n) is 17.2. The van der Waals surface area contributed by atoms with Gasteiger partial charge in [-0.15, -0.1) is 0 Å². The van der Waals surface area contributed by atoms with Gasteiger partial charge in [-0.3, -0.25) is 4.79 Å². The molecule has 6 heteroatoms. The molecule has 0 unspecified atom stereocenters. The van der Waals surface area contributed by atoms with Crippen LogP contribution in [-0.2, 0) is 9.53 Å². The van der Waals surface area contributed by atoms with Gasteiger partial charge in [-0.2, -0.15) is 0 Å². The fraction of sp³-hybridized carbons (Fsp3) is 0.292. The van der Waals surface area contributed by atoms with Gasteiger partial charge in [0, 0.05) is 13.1 Å². The maximum Gasteiger partial charge on any atom is 0.231 e. The van der Waals surface area contributed by atoms with Gasteiger partial charge in [0.1, 0.15) is 5.75 Å². The Morgan fingerprint density at radius 3 is 2.60 bits per heavy atom. The third kappa shape index (κ3) is 4.23. The zero-order chi connectivity index (χ0) is 21.1. The quantitative estimate of drug-likeness (QED) is 0.620. The molecule has 4 rings (SSSR count). The number of halogens is 1. The smallest absolute Gasteiger partial charge is 0.231 e. The van der Waals surface area contributed by atoms with Crippen molar-refractivity contribution in [2.45, 2.75) is 12.8 Å². The minimum absolute atomic E-state index is 0.0698. The first-order valence-electron chi connectivity index (χ1n) is 10.1. The fourth-order valence-electron chi connectivity index (χ4n) is 3.76. The van der Waals surface area contributed by atoms with Gasteiger partial charge in [0.15, 0.2) is 0 Å². The normalized spacial score (nSPS) is 15.1. The van der Waals surface area contributed by atoms with Crippen molar-refractivity contribution in [2.24, 2.45) is 0 Å². The summed E-state index contributed by atoms with van der Waals surface area (Å²) in [6.45, 7) is 4.71. The van der Waals surface area contributed by atoms with E-state index in [9.17, 15) is 4.79 Å². The number of morpholine rings is 1. The average Bonchev–Trinajstić information content (AvgIpc) is 2.78. The lowest BCUT2D eigenvalue weighted by Gasteiger charge is -2.31. The third-order valence-corrected chi connectivity index (χ3v) is 5.84. The van der Waals surface area contributed by atoms with Crippen LogP contribution >= 0.6 is 11.6 Å². The van der Waals surface area contributed by atoms with Crippen molar-refractivity contribution in [3.8, 4) is 5.75 Å². The molecule has 1 heterocycles. The first-order valence-corrected chi connectivity index (χ1v) is 10.4. The molecule has 1 atom stereocenters. The number of amides is 1. The van der Waals surface area contributed by atoms with E-state index >= 15 is 0 Å². The number of nitrogens with one attached hydrogen (secondary N) is 1. The highest BCUT2D eigenvalue weighted by molar-refractivity contribution is 6.34. The van der Waals surface area contributed by atoms with Crippen LogP contribution in [0.5, 0.6) is 5.75 Å². The van der Waals surface area contributed by atoms with Gasteiger partial charge in [-0.1, -0.05) is 41.9 Å². The van der Waals surface area contributed by atoms with E-state index in [0.29, 0.717) is 18.2 Å². The topological polar surface area (TPSA) is 50.8 Å². The first-order chi connectivity index (χ1) is 14.6. The van der Waals surface area contributed by atoms with E-state index in [1.54, 1.807) is 7.11 Å². The van der Waals surface area contributed by atoms with E-state index in [0.717, 1.165) is 46.5 Å². The molecule has 0 spiro atoms. The molecule has 0 aliphatic carbocycles. The Kier molecular flexibility index (Phi) is 6.11. The summed E-state index contributed by atoms with van der Waals surface area (Å²) in [4.78, 5) is 15.2. The molecular formula is C24H25ClN2O3. The van der Waals surface area contributed by atoms with Crippen molar-refractivity contribution >= 4 is 39.7 Å². The minimum Gasteiger partial charge on any atom is -0.497 e. The summed E-state index contributed by atoms with van der Waals surface area (Å²) in [5.41, 5.74) is 2.54. The molecule has 0 bridgehead atoms. The maximum atomic E-state index is 13.1. The van der Waals surface area contributed by atoms with E-state index in [2.05, 4.69) is 16.3 Å².